The van der Waals surface area contributed by atoms with Crippen LogP contribution in [0.15, 0.2) is 106 Å². The number of hydrogen-bond donors (Lipinski definition) is 0. The van der Waals surface area contributed by atoms with Crippen LogP contribution in [0.5, 0.6) is 0 Å². The van der Waals surface area contributed by atoms with Crippen LogP contribution in [0.1, 0.15) is 92.7 Å². The zero-order valence-corrected chi connectivity index (χ0v) is 39.5. The third kappa shape index (κ3) is 10.9. The summed E-state index contributed by atoms with van der Waals surface area (Å²) in [4.78, 5) is -5.26. The smallest absolute Gasteiger partial charge is 0.235 e. The van der Waals surface area contributed by atoms with E-state index in [1.165, 1.54) is 41.5 Å². The molecule has 0 saturated carbocycles. The van der Waals surface area contributed by atoms with Crippen LogP contribution in [0.2, 0.25) is 0 Å². The summed E-state index contributed by atoms with van der Waals surface area (Å²) in [6.07, 6.45) is -46.7. The molecule has 0 amide bonds. The maximum absolute atomic E-state index is 15.5. The first kappa shape index (κ1) is 59.9. The largest absolute Gasteiger partial charge is 0.432 e. The maximum Gasteiger partial charge on any atom is 0.432 e. The Labute approximate surface area is 398 Å². The summed E-state index contributed by atoms with van der Waals surface area (Å²) in [6.45, 7) is 8.51. The van der Waals surface area contributed by atoms with Gasteiger partial charge in [0.1, 0.15) is 0 Å². The van der Waals surface area contributed by atoms with Crippen molar-refractivity contribution in [3.63, 3.8) is 0 Å². The van der Waals surface area contributed by atoms with Gasteiger partial charge in [0.25, 0.3) is 30.4 Å². The van der Waals surface area contributed by atoms with E-state index in [2.05, 4.69) is 12.5 Å². The summed E-state index contributed by atoms with van der Waals surface area (Å²) < 4.78 is 370. The molecular weight excluding hydrogens is 1090 g/mol. The van der Waals surface area contributed by atoms with Gasteiger partial charge >= 0.3 is 53.9 Å². The van der Waals surface area contributed by atoms with Crippen molar-refractivity contribution in [2.75, 3.05) is 0 Å². The maximum atomic E-state index is 15.5. The van der Waals surface area contributed by atoms with Crippen molar-refractivity contribution in [1.82, 2.24) is 0 Å². The van der Waals surface area contributed by atoms with E-state index in [0.717, 1.165) is 36.4 Å². The van der Waals surface area contributed by atoms with Gasteiger partial charge in [-0.3, -0.25) is 0 Å². The van der Waals surface area contributed by atoms with Crippen LogP contribution in [0.3, 0.4) is 0 Å². The van der Waals surface area contributed by atoms with Gasteiger partial charge in [0, 0.05) is 16.7 Å². The summed E-state index contributed by atoms with van der Waals surface area (Å²) in [5.74, 6) is -1.72. The van der Waals surface area contributed by atoms with Gasteiger partial charge in [-0.05, 0) is 89.0 Å². The van der Waals surface area contributed by atoms with Crippen molar-refractivity contribution in [1.29, 1.82) is 0 Å². The molecule has 0 radical (unpaired) electrons. The average molecular weight is 1120 g/mol. The second-order valence-electron chi connectivity index (χ2n) is 16.6. The lowest BCUT2D eigenvalue weighted by Crippen LogP contribution is -2.60. The molecule has 4 rings (SSSR count). The fourth-order valence-electron chi connectivity index (χ4n) is 6.83. The number of alkyl halides is 18. The van der Waals surface area contributed by atoms with Gasteiger partial charge in [0.05, 0.1) is 14.7 Å². The van der Waals surface area contributed by atoms with Crippen LogP contribution in [0.4, 0.5) is 79.0 Å². The van der Waals surface area contributed by atoms with Crippen molar-refractivity contribution in [3.05, 3.63) is 124 Å². The van der Waals surface area contributed by atoms with Crippen LogP contribution in [-0.2, 0) is 59.7 Å². The minimum absolute atomic E-state index is 0.0899. The highest BCUT2D eigenvalue weighted by atomic mass is 32.2. The van der Waals surface area contributed by atoms with Gasteiger partial charge in [0.15, 0.2) is 0 Å². The minimum Gasteiger partial charge on any atom is -0.235 e. The lowest BCUT2D eigenvalue weighted by Gasteiger charge is -2.41. The van der Waals surface area contributed by atoms with Crippen molar-refractivity contribution in [3.8, 4) is 0 Å². The summed E-state index contributed by atoms with van der Waals surface area (Å²) >= 11 is 0. The molecule has 4 aromatic carbocycles. The predicted octanol–water partition coefficient (Wildman–Crippen LogP) is 13.2. The Morgan fingerprint density at radius 2 is 0.458 bits per heavy atom. The fraction of sp³-hybridized carbons (Fsp3) is 0.429. The van der Waals surface area contributed by atoms with Crippen molar-refractivity contribution in [2.45, 2.75) is 128 Å². The predicted molar refractivity (Wildman–Crippen MR) is 214 cm³/mol. The van der Waals surface area contributed by atoms with Crippen molar-refractivity contribution in [2.24, 2.45) is 0 Å². The van der Waals surface area contributed by atoms with Crippen LogP contribution in [0.25, 0.3) is 0 Å². The molecule has 0 fully saturated rings. The third-order valence-corrected chi connectivity index (χ3v) is 14.7. The highest BCUT2D eigenvalue weighted by Crippen LogP contribution is 2.61. The Morgan fingerprint density at radius 1 is 0.306 bits per heavy atom. The molecule has 0 aliphatic heterocycles. The molecule has 9 nitrogen and oxygen atoms in total. The van der Waals surface area contributed by atoms with E-state index in [-0.39, 0.29) is 53.1 Å². The summed E-state index contributed by atoms with van der Waals surface area (Å²) in [6, 6.07) is 0.445. The molecule has 30 heteroatoms. The van der Waals surface area contributed by atoms with Gasteiger partial charge in [0.2, 0.25) is 0 Å². The highest BCUT2D eigenvalue weighted by molar-refractivity contribution is 7.87. The average Bonchev–Trinajstić information content (AvgIpc) is 3.21. The van der Waals surface area contributed by atoms with Gasteiger partial charge in [-0.15, -0.1) is 0 Å². The van der Waals surface area contributed by atoms with Crippen molar-refractivity contribution < 1.29 is 117 Å². The number of rotatable bonds is 15. The highest BCUT2D eigenvalue weighted by Gasteiger charge is 2.81. The third-order valence-electron chi connectivity index (χ3n) is 10.8. The fourth-order valence-corrected chi connectivity index (χ4v) is 10.4. The topological polar surface area (TPSA) is 130 Å². The molecule has 0 atom stereocenters. The Kier molecular flexibility index (Phi) is 16.0. The summed E-state index contributed by atoms with van der Waals surface area (Å²) in [5, 5.41) is 0. The molecule has 0 N–H and O–H groups in total. The Bertz CT molecular complexity index is 2550. The van der Waals surface area contributed by atoms with Crippen LogP contribution in [-0.4, -0.2) is 62.3 Å². The number of halogens is 18. The van der Waals surface area contributed by atoms with E-state index in [9.17, 15) is 25.3 Å². The Morgan fingerprint density at radius 3 is 0.583 bits per heavy atom. The molecule has 0 aliphatic carbocycles. The summed E-state index contributed by atoms with van der Waals surface area (Å²) in [5.41, 5.74) is -33.1. The molecule has 0 unspecified atom stereocenters. The normalized spacial score (nSPS) is 14.7. The van der Waals surface area contributed by atoms with Crippen molar-refractivity contribution >= 4 is 30.4 Å². The molecule has 0 heterocycles. The summed E-state index contributed by atoms with van der Waals surface area (Å²) in [7, 11) is -20.8. The van der Waals surface area contributed by atoms with E-state index in [1.807, 2.05) is 0 Å². The van der Waals surface area contributed by atoms with Gasteiger partial charge < -0.3 is 0 Å². The Balaban J connectivity index is 2.41. The molecule has 4 aromatic rings. The van der Waals surface area contributed by atoms with Crippen LogP contribution >= 0.6 is 0 Å². The second-order valence-corrected chi connectivity index (χ2v) is 21.3. The SMILES string of the molecule is CC(C)c1ccc(S(=O)(=O)OC(c2cc(C(OS(=O)(=O)c3ccc(C(C)C)cc3)(C(F)(F)F)C(F)(F)F)cc(C(OS(=O)(=O)c3ccc(C(C)C)cc3)(C(F)(F)F)C(F)(F)F)c2)(C(F)(F)F)C(F)(F)F)cc1. The van der Waals surface area contributed by atoms with E-state index in [4.69, 9.17) is 0 Å². The quantitative estimate of drug-likeness (QED) is 0.0843. The van der Waals surface area contributed by atoms with E-state index >= 15 is 79.0 Å². The number of hydrogen-bond acceptors (Lipinski definition) is 9. The Hall–Kier alpha value is -4.65. The van der Waals surface area contributed by atoms with Gasteiger partial charge in [-0.2, -0.15) is 104 Å². The lowest BCUT2D eigenvalue weighted by molar-refractivity contribution is -0.368. The first-order valence-electron chi connectivity index (χ1n) is 19.9. The standard InChI is InChI=1S/C42H36F18O9S3/c1-22(2)25-7-13-31(14-8-25)70(61,62)67-34(37(43,44)45,38(46,47)48)28-19-29(35(39(49,50)51,40(52,53)54)68-71(63,64)32-15-9-26(10-16-32)23(3)4)21-30(20-28)36(41(55,56)57,42(58,59)60)69-72(65,66)33-17-11-27(12-18-33)24(5)6/h7-24H,1-6H3. The molecule has 0 aromatic heterocycles. The van der Waals surface area contributed by atoms with E-state index in [0.29, 0.717) is 0 Å². The van der Waals surface area contributed by atoms with E-state index in [1.54, 1.807) is 0 Å². The second kappa shape index (κ2) is 19.2. The monoisotopic (exact) mass is 1120 g/mol. The number of benzene rings is 4. The zero-order valence-electron chi connectivity index (χ0n) is 37.1. The van der Waals surface area contributed by atoms with Gasteiger partial charge in [-0.25, -0.2) is 12.5 Å². The zero-order chi connectivity index (χ0) is 55.7. The first-order valence-corrected chi connectivity index (χ1v) is 24.1. The first-order chi connectivity index (χ1) is 32.2. The molecule has 0 aliphatic rings. The minimum atomic E-state index is -7.79. The molecule has 0 spiro atoms. The molecule has 0 bridgehead atoms. The lowest BCUT2D eigenvalue weighted by atomic mass is 9.80. The van der Waals surface area contributed by atoms with Crippen LogP contribution in [0, 0.1) is 0 Å². The van der Waals surface area contributed by atoms with E-state index < -0.39 is 152 Å². The molecule has 402 valence electrons. The molecule has 72 heavy (non-hydrogen) atoms. The van der Waals surface area contributed by atoms with Crippen LogP contribution < -0.4 is 0 Å². The molecule has 0 saturated heterocycles. The van der Waals surface area contributed by atoms with Gasteiger partial charge in [-0.1, -0.05) is 77.9 Å². The molecular formula is C42H36F18O9S3.